The van der Waals surface area contributed by atoms with E-state index in [0.717, 1.165) is 12.0 Å². The molecule has 3 rings (SSSR count). The lowest BCUT2D eigenvalue weighted by atomic mass is 9.90. The Bertz CT molecular complexity index is 463. The molecule has 0 unspecified atom stereocenters. The molecule has 1 saturated heterocycles. The lowest BCUT2D eigenvalue weighted by Crippen LogP contribution is -2.68. The van der Waals surface area contributed by atoms with Crippen LogP contribution in [0.2, 0.25) is 0 Å². The number of likely N-dealkylation sites (tertiary alicyclic amines) is 1. The van der Waals surface area contributed by atoms with Crippen LogP contribution in [0.25, 0.3) is 0 Å². The summed E-state index contributed by atoms with van der Waals surface area (Å²) in [5, 5.41) is 9.79. The third-order valence-electron chi connectivity index (χ3n) is 3.51. The van der Waals surface area contributed by atoms with E-state index in [2.05, 4.69) is 0 Å². The number of aliphatic hydroxyl groups excluding tert-OH is 1. The molecule has 18 heavy (non-hydrogen) atoms. The van der Waals surface area contributed by atoms with Gasteiger partial charge in [-0.3, -0.25) is 4.79 Å². The van der Waals surface area contributed by atoms with Gasteiger partial charge in [-0.25, -0.2) is 0 Å². The highest BCUT2D eigenvalue weighted by Crippen LogP contribution is 2.30. The third kappa shape index (κ3) is 1.78. The maximum Gasteiger partial charge on any atom is 0.254 e. The highest BCUT2D eigenvalue weighted by atomic mass is 16.5. The van der Waals surface area contributed by atoms with Crippen molar-refractivity contribution in [3.8, 4) is 0 Å². The molecule has 1 aromatic carbocycles. The average Bonchev–Trinajstić information content (AvgIpc) is 2.92. The Kier molecular flexibility index (Phi) is 2.80. The van der Waals surface area contributed by atoms with Gasteiger partial charge >= 0.3 is 0 Å². The van der Waals surface area contributed by atoms with Crippen LogP contribution in [0.4, 0.5) is 0 Å². The molecule has 2 heterocycles. The smallest absolute Gasteiger partial charge is 0.254 e. The van der Waals surface area contributed by atoms with Gasteiger partial charge in [0.2, 0.25) is 0 Å². The lowest BCUT2D eigenvalue weighted by Gasteiger charge is -2.46. The van der Waals surface area contributed by atoms with E-state index in [1.54, 1.807) is 11.2 Å². The fraction of sp³-hybridized carbons (Fsp3) is 0.357. The Hall–Kier alpha value is -1.81. The quantitative estimate of drug-likeness (QED) is 0.810. The first-order valence-corrected chi connectivity index (χ1v) is 6.10. The molecule has 3 atom stereocenters. The Labute approximate surface area is 105 Å². The summed E-state index contributed by atoms with van der Waals surface area (Å²) in [6.07, 6.45) is 3.28. The zero-order valence-electron chi connectivity index (χ0n) is 9.90. The molecule has 0 saturated carbocycles. The number of nitrogens with zero attached hydrogens (tertiary/aromatic N) is 1. The van der Waals surface area contributed by atoms with Crippen molar-refractivity contribution in [1.82, 2.24) is 4.90 Å². The monoisotopic (exact) mass is 245 g/mol. The Morgan fingerprint density at radius 2 is 2.11 bits per heavy atom. The zero-order chi connectivity index (χ0) is 12.5. The van der Waals surface area contributed by atoms with Gasteiger partial charge in [0.1, 0.15) is 12.1 Å². The summed E-state index contributed by atoms with van der Waals surface area (Å²) in [6, 6.07) is 9.55. The standard InChI is InChI=1S/C14H15NO3/c16-13-12(11-7-4-8-18-11)15(14(13)17)9-10-5-2-1-3-6-10/h1-6,8,11-13,16H,7,9H2/t11-,12+,13-/m1/s1. The van der Waals surface area contributed by atoms with Crippen molar-refractivity contribution < 1.29 is 14.6 Å². The number of aliphatic hydroxyl groups is 1. The molecule has 2 aliphatic rings. The highest BCUT2D eigenvalue weighted by Gasteiger charge is 2.51. The van der Waals surface area contributed by atoms with E-state index < -0.39 is 6.10 Å². The van der Waals surface area contributed by atoms with E-state index in [4.69, 9.17) is 4.74 Å². The van der Waals surface area contributed by atoms with Crippen molar-refractivity contribution in [3.05, 3.63) is 48.2 Å². The number of carbonyl (C=O) groups excluding carboxylic acids is 1. The third-order valence-corrected chi connectivity index (χ3v) is 3.51. The van der Waals surface area contributed by atoms with Crippen LogP contribution in [0.15, 0.2) is 42.7 Å². The zero-order valence-corrected chi connectivity index (χ0v) is 9.90. The number of hydrogen-bond acceptors (Lipinski definition) is 3. The lowest BCUT2D eigenvalue weighted by molar-refractivity contribution is -0.177. The molecule has 1 amide bonds. The van der Waals surface area contributed by atoms with Gasteiger partial charge in [-0.15, -0.1) is 0 Å². The van der Waals surface area contributed by atoms with E-state index in [-0.39, 0.29) is 18.1 Å². The van der Waals surface area contributed by atoms with E-state index in [0.29, 0.717) is 6.54 Å². The van der Waals surface area contributed by atoms with Gasteiger partial charge in [0.15, 0.2) is 6.10 Å². The average molecular weight is 245 g/mol. The van der Waals surface area contributed by atoms with Gasteiger partial charge in [0, 0.05) is 13.0 Å². The Balaban J connectivity index is 1.72. The van der Waals surface area contributed by atoms with Crippen molar-refractivity contribution >= 4 is 5.91 Å². The van der Waals surface area contributed by atoms with Crippen molar-refractivity contribution in [1.29, 1.82) is 0 Å². The van der Waals surface area contributed by atoms with E-state index in [1.165, 1.54) is 0 Å². The van der Waals surface area contributed by atoms with Crippen molar-refractivity contribution in [3.63, 3.8) is 0 Å². The summed E-state index contributed by atoms with van der Waals surface area (Å²) in [4.78, 5) is 13.4. The summed E-state index contributed by atoms with van der Waals surface area (Å²) < 4.78 is 5.41. The topological polar surface area (TPSA) is 49.8 Å². The van der Waals surface area contributed by atoms with Crippen molar-refractivity contribution in [2.45, 2.75) is 31.2 Å². The fourth-order valence-corrected chi connectivity index (χ4v) is 2.54. The summed E-state index contributed by atoms with van der Waals surface area (Å²) in [7, 11) is 0. The molecule has 1 fully saturated rings. The first kappa shape index (κ1) is 11.3. The molecule has 4 nitrogen and oxygen atoms in total. The van der Waals surface area contributed by atoms with Gasteiger partial charge < -0.3 is 14.7 Å². The van der Waals surface area contributed by atoms with Gasteiger partial charge in [-0.1, -0.05) is 30.3 Å². The molecule has 1 aromatic rings. The van der Waals surface area contributed by atoms with Crippen LogP contribution >= 0.6 is 0 Å². The first-order chi connectivity index (χ1) is 8.77. The van der Waals surface area contributed by atoms with Crippen molar-refractivity contribution in [2.24, 2.45) is 0 Å². The van der Waals surface area contributed by atoms with Gasteiger partial charge in [0.25, 0.3) is 5.91 Å². The number of rotatable bonds is 3. The SMILES string of the molecule is O=C1[C@H](O)[C@H]([C@H]2CC=CO2)N1Cc1ccccc1. The van der Waals surface area contributed by atoms with Gasteiger partial charge in [0.05, 0.1) is 6.26 Å². The van der Waals surface area contributed by atoms with E-state index in [9.17, 15) is 9.90 Å². The molecular weight excluding hydrogens is 230 g/mol. The minimum atomic E-state index is -0.918. The minimum Gasteiger partial charge on any atom is -0.496 e. The van der Waals surface area contributed by atoms with Crippen molar-refractivity contribution in [2.75, 3.05) is 0 Å². The molecule has 0 aliphatic carbocycles. The second kappa shape index (κ2) is 4.46. The number of amides is 1. The summed E-state index contributed by atoms with van der Waals surface area (Å²) >= 11 is 0. The molecular formula is C14H15NO3. The van der Waals surface area contributed by atoms with Crippen LogP contribution in [0, 0.1) is 0 Å². The molecule has 0 aromatic heterocycles. The van der Waals surface area contributed by atoms with Crippen LogP contribution in [0.1, 0.15) is 12.0 Å². The highest BCUT2D eigenvalue weighted by molar-refractivity contribution is 5.88. The predicted octanol–water partition coefficient (Wildman–Crippen LogP) is 1.06. The molecule has 0 radical (unpaired) electrons. The number of carbonyl (C=O) groups is 1. The maximum atomic E-state index is 11.7. The Morgan fingerprint density at radius 1 is 1.33 bits per heavy atom. The molecule has 1 N–H and O–H groups in total. The second-order valence-electron chi connectivity index (χ2n) is 4.67. The summed E-state index contributed by atoms with van der Waals surface area (Å²) in [5.74, 6) is -0.209. The minimum absolute atomic E-state index is 0.110. The van der Waals surface area contributed by atoms with Crippen LogP contribution in [-0.2, 0) is 16.1 Å². The summed E-state index contributed by atoms with van der Waals surface area (Å²) in [6.45, 7) is 0.529. The molecule has 0 spiro atoms. The predicted molar refractivity (Wildman–Crippen MR) is 65.4 cm³/mol. The number of hydrogen-bond donors (Lipinski definition) is 1. The summed E-state index contributed by atoms with van der Waals surface area (Å²) in [5.41, 5.74) is 1.06. The normalized spacial score (nSPS) is 30.2. The van der Waals surface area contributed by atoms with Crippen LogP contribution in [0.5, 0.6) is 0 Å². The molecule has 2 aliphatic heterocycles. The molecule has 0 bridgehead atoms. The van der Waals surface area contributed by atoms with Crippen LogP contribution < -0.4 is 0 Å². The van der Waals surface area contributed by atoms with E-state index in [1.807, 2.05) is 36.4 Å². The Morgan fingerprint density at radius 3 is 2.78 bits per heavy atom. The largest absolute Gasteiger partial charge is 0.496 e. The van der Waals surface area contributed by atoms with Gasteiger partial charge in [-0.05, 0) is 11.6 Å². The first-order valence-electron chi connectivity index (χ1n) is 6.10. The van der Waals surface area contributed by atoms with Crippen LogP contribution in [-0.4, -0.2) is 34.2 Å². The second-order valence-corrected chi connectivity index (χ2v) is 4.67. The molecule has 94 valence electrons. The van der Waals surface area contributed by atoms with E-state index >= 15 is 0 Å². The van der Waals surface area contributed by atoms with Gasteiger partial charge in [-0.2, -0.15) is 0 Å². The molecule has 4 heteroatoms. The van der Waals surface area contributed by atoms with Crippen LogP contribution in [0.3, 0.4) is 0 Å². The number of β-lactam (4-membered cyclic amide) rings is 1. The maximum absolute atomic E-state index is 11.7. The fourth-order valence-electron chi connectivity index (χ4n) is 2.54. The number of benzene rings is 1. The number of ether oxygens (including phenoxy) is 1.